The van der Waals surface area contributed by atoms with Crippen LogP contribution in [0.15, 0.2) is 24.3 Å². The van der Waals surface area contributed by atoms with Crippen LogP contribution in [0.3, 0.4) is 0 Å². The first-order chi connectivity index (χ1) is 10.8. The zero-order valence-corrected chi connectivity index (χ0v) is 14.7. The fraction of sp³-hybridized carbons (Fsp3) is 0.632. The number of carbonyl (C=O) groups excluding carboxylic acids is 1. The van der Waals surface area contributed by atoms with Gasteiger partial charge in [0, 0.05) is 13.0 Å². The Morgan fingerprint density at radius 2 is 1.96 bits per heavy atom. The third-order valence-corrected chi connectivity index (χ3v) is 4.48. The van der Waals surface area contributed by atoms with E-state index in [0.717, 1.165) is 6.42 Å². The first kappa shape index (κ1) is 18.0. The normalized spacial score (nSPS) is 22.2. The lowest BCUT2D eigenvalue weighted by atomic mass is 9.86. The third kappa shape index (κ3) is 4.79. The maximum absolute atomic E-state index is 12.5. The van der Waals surface area contributed by atoms with Crippen molar-refractivity contribution in [2.45, 2.75) is 58.1 Å². The lowest BCUT2D eigenvalue weighted by Crippen LogP contribution is -2.52. The highest BCUT2D eigenvalue weighted by molar-refractivity contribution is 5.77. The van der Waals surface area contributed by atoms with Gasteiger partial charge >= 0.3 is 0 Å². The van der Waals surface area contributed by atoms with Crippen molar-refractivity contribution in [3.05, 3.63) is 35.4 Å². The number of aryl methyl sites for hydroxylation is 1. The molecule has 23 heavy (non-hydrogen) atoms. The van der Waals surface area contributed by atoms with Crippen molar-refractivity contribution in [2.75, 3.05) is 19.8 Å². The van der Waals surface area contributed by atoms with Gasteiger partial charge in [0.25, 0.3) is 0 Å². The largest absolute Gasteiger partial charge is 0.394 e. The van der Waals surface area contributed by atoms with E-state index in [1.807, 2.05) is 11.8 Å². The Balaban J connectivity index is 1.91. The summed E-state index contributed by atoms with van der Waals surface area (Å²) in [6, 6.07) is 8.62. The molecule has 4 nitrogen and oxygen atoms in total. The molecule has 4 heteroatoms. The lowest BCUT2D eigenvalue weighted by molar-refractivity contribution is -0.146. The number of amides is 1. The van der Waals surface area contributed by atoms with E-state index in [1.165, 1.54) is 11.1 Å². The van der Waals surface area contributed by atoms with Crippen molar-refractivity contribution in [3.8, 4) is 0 Å². The van der Waals surface area contributed by atoms with Gasteiger partial charge in [0.15, 0.2) is 0 Å². The first-order valence-corrected chi connectivity index (χ1v) is 8.42. The lowest BCUT2D eigenvalue weighted by Gasteiger charge is -2.37. The number of benzene rings is 1. The van der Waals surface area contributed by atoms with Crippen LogP contribution >= 0.6 is 0 Å². The molecule has 1 aliphatic rings. The second kappa shape index (κ2) is 7.45. The minimum absolute atomic E-state index is 0.0369. The Labute approximate surface area is 139 Å². The number of hydrogen-bond donors (Lipinski definition) is 1. The van der Waals surface area contributed by atoms with Gasteiger partial charge < -0.3 is 14.7 Å². The van der Waals surface area contributed by atoms with Gasteiger partial charge in [0.05, 0.1) is 25.4 Å². The summed E-state index contributed by atoms with van der Waals surface area (Å²) >= 11 is 0. The summed E-state index contributed by atoms with van der Waals surface area (Å²) in [4.78, 5) is 14.3. The number of aliphatic hydroxyl groups is 1. The summed E-state index contributed by atoms with van der Waals surface area (Å²) in [7, 11) is 0. The van der Waals surface area contributed by atoms with Gasteiger partial charge in [-0.05, 0) is 29.9 Å². The van der Waals surface area contributed by atoms with Crippen molar-refractivity contribution in [1.29, 1.82) is 0 Å². The van der Waals surface area contributed by atoms with Crippen molar-refractivity contribution < 1.29 is 14.6 Å². The number of hydrogen-bond acceptors (Lipinski definition) is 3. The highest BCUT2D eigenvalue weighted by Crippen LogP contribution is 2.22. The van der Waals surface area contributed by atoms with Crippen LogP contribution in [0.2, 0.25) is 0 Å². The zero-order chi connectivity index (χ0) is 17.0. The van der Waals surface area contributed by atoms with E-state index in [2.05, 4.69) is 45.0 Å². The average molecular weight is 319 g/mol. The van der Waals surface area contributed by atoms with Crippen LogP contribution in [0.25, 0.3) is 0 Å². The van der Waals surface area contributed by atoms with Gasteiger partial charge in [-0.1, -0.05) is 45.0 Å². The molecule has 0 bridgehead atoms. The second-order valence-corrected chi connectivity index (χ2v) is 7.48. The van der Waals surface area contributed by atoms with Gasteiger partial charge in [-0.15, -0.1) is 0 Å². The molecule has 0 aromatic heterocycles. The molecule has 1 aromatic rings. The number of ether oxygens (including phenoxy) is 1. The van der Waals surface area contributed by atoms with Gasteiger partial charge in [-0.3, -0.25) is 4.79 Å². The standard InChI is InChI=1S/C19H29NO3/c1-14-13-23-17(12-21)11-20(14)18(22)10-7-15-5-8-16(9-6-15)19(2,3)4/h5-6,8-9,14,17,21H,7,10-13H2,1-4H3. The molecule has 1 saturated heterocycles. The molecule has 1 heterocycles. The predicted octanol–water partition coefficient (Wildman–Crippen LogP) is 2.52. The summed E-state index contributed by atoms with van der Waals surface area (Å²) in [6.07, 6.45) is 0.996. The minimum Gasteiger partial charge on any atom is -0.394 e. The molecule has 1 fully saturated rings. The molecular formula is C19H29NO3. The van der Waals surface area contributed by atoms with Crippen LogP contribution in [0.4, 0.5) is 0 Å². The third-order valence-electron chi connectivity index (χ3n) is 4.48. The summed E-state index contributed by atoms with van der Waals surface area (Å²) < 4.78 is 5.48. The zero-order valence-electron chi connectivity index (χ0n) is 14.7. The van der Waals surface area contributed by atoms with Crippen molar-refractivity contribution in [3.63, 3.8) is 0 Å². The number of morpholine rings is 1. The van der Waals surface area contributed by atoms with E-state index in [0.29, 0.717) is 19.6 Å². The average Bonchev–Trinajstić information content (AvgIpc) is 2.52. The van der Waals surface area contributed by atoms with Crippen LogP contribution in [0.1, 0.15) is 45.2 Å². The highest BCUT2D eigenvalue weighted by atomic mass is 16.5. The number of aliphatic hydroxyl groups excluding tert-OH is 1. The van der Waals surface area contributed by atoms with Crippen LogP contribution in [-0.2, 0) is 21.4 Å². The van der Waals surface area contributed by atoms with Crippen molar-refractivity contribution >= 4 is 5.91 Å². The SMILES string of the molecule is CC1COC(CO)CN1C(=O)CCc1ccc(C(C)(C)C)cc1. The van der Waals surface area contributed by atoms with Crippen LogP contribution in [0.5, 0.6) is 0 Å². The van der Waals surface area contributed by atoms with E-state index in [1.54, 1.807) is 0 Å². The Hall–Kier alpha value is -1.39. The molecule has 2 rings (SSSR count). The second-order valence-electron chi connectivity index (χ2n) is 7.48. The molecule has 2 atom stereocenters. The van der Waals surface area contributed by atoms with Crippen LogP contribution in [-0.4, -0.2) is 47.8 Å². The molecule has 1 aliphatic heterocycles. The molecule has 1 amide bonds. The fourth-order valence-electron chi connectivity index (χ4n) is 2.84. The van der Waals surface area contributed by atoms with Gasteiger partial charge in [-0.25, -0.2) is 0 Å². The summed E-state index contributed by atoms with van der Waals surface area (Å²) in [5.74, 6) is 0.138. The maximum Gasteiger partial charge on any atom is 0.223 e. The smallest absolute Gasteiger partial charge is 0.223 e. The van der Waals surface area contributed by atoms with Gasteiger partial charge in [0.1, 0.15) is 0 Å². The van der Waals surface area contributed by atoms with E-state index in [9.17, 15) is 9.90 Å². The van der Waals surface area contributed by atoms with Crippen molar-refractivity contribution in [2.24, 2.45) is 0 Å². The Bertz CT molecular complexity index is 518. The Kier molecular flexibility index (Phi) is 5.82. The van der Waals surface area contributed by atoms with Crippen LogP contribution < -0.4 is 0 Å². The van der Waals surface area contributed by atoms with Gasteiger partial charge in [-0.2, -0.15) is 0 Å². The molecular weight excluding hydrogens is 290 g/mol. The first-order valence-electron chi connectivity index (χ1n) is 8.42. The summed E-state index contributed by atoms with van der Waals surface area (Å²) in [5, 5.41) is 9.21. The monoisotopic (exact) mass is 319 g/mol. The minimum atomic E-state index is -0.249. The molecule has 0 aliphatic carbocycles. The molecule has 0 saturated carbocycles. The topological polar surface area (TPSA) is 49.8 Å². The van der Waals surface area contributed by atoms with Crippen molar-refractivity contribution in [1.82, 2.24) is 4.90 Å². The Morgan fingerprint density at radius 1 is 1.30 bits per heavy atom. The maximum atomic E-state index is 12.5. The van der Waals surface area contributed by atoms with Crippen LogP contribution in [0, 0.1) is 0 Å². The fourth-order valence-corrected chi connectivity index (χ4v) is 2.84. The molecule has 1 N–H and O–H groups in total. The molecule has 1 aromatic carbocycles. The number of rotatable bonds is 4. The van der Waals surface area contributed by atoms with Gasteiger partial charge in [0.2, 0.25) is 5.91 Å². The summed E-state index contributed by atoms with van der Waals surface area (Å²) in [6.45, 7) is 9.53. The molecule has 0 spiro atoms. The number of nitrogens with zero attached hydrogens (tertiary/aromatic N) is 1. The van der Waals surface area contributed by atoms with E-state index < -0.39 is 0 Å². The quantitative estimate of drug-likeness (QED) is 0.928. The molecule has 0 radical (unpaired) electrons. The molecule has 128 valence electrons. The highest BCUT2D eigenvalue weighted by Gasteiger charge is 2.28. The Morgan fingerprint density at radius 3 is 2.52 bits per heavy atom. The molecule has 2 unspecified atom stereocenters. The van der Waals surface area contributed by atoms with E-state index in [4.69, 9.17) is 4.74 Å². The summed E-state index contributed by atoms with van der Waals surface area (Å²) in [5.41, 5.74) is 2.64. The van der Waals surface area contributed by atoms with E-state index >= 15 is 0 Å². The number of carbonyl (C=O) groups is 1. The van der Waals surface area contributed by atoms with E-state index in [-0.39, 0.29) is 30.1 Å². The predicted molar refractivity (Wildman–Crippen MR) is 91.5 cm³/mol.